The van der Waals surface area contributed by atoms with Crippen molar-refractivity contribution in [1.29, 1.82) is 0 Å². The van der Waals surface area contributed by atoms with E-state index in [9.17, 15) is 22.8 Å². The number of likely N-dealkylation sites (tertiary alicyclic amines) is 1. The molecule has 2 heterocycles. The number of rotatable bonds is 10. The number of halogens is 3. The molecule has 1 aromatic heterocycles. The fraction of sp³-hybridized carbons (Fsp3) is 0.600. The molecule has 1 aromatic carbocycles. The van der Waals surface area contributed by atoms with E-state index in [4.69, 9.17) is 0 Å². The smallest absolute Gasteiger partial charge is 0.355 e. The second kappa shape index (κ2) is 13.8. The fourth-order valence-corrected chi connectivity index (χ4v) is 5.86. The van der Waals surface area contributed by atoms with Crippen LogP contribution in [0, 0.1) is 11.8 Å². The second-order valence-corrected chi connectivity index (χ2v) is 11.8. The predicted molar refractivity (Wildman–Crippen MR) is 155 cm³/mol. The molecule has 2 N–H and O–H groups in total. The van der Waals surface area contributed by atoms with Crippen molar-refractivity contribution < 1.29 is 22.8 Å². The molecule has 0 unspecified atom stereocenters. The number of carbonyl (C=O) groups excluding carboxylic acids is 2. The van der Waals surface area contributed by atoms with Crippen molar-refractivity contribution in [2.45, 2.75) is 50.7 Å². The van der Waals surface area contributed by atoms with Gasteiger partial charge in [0.05, 0.1) is 11.3 Å². The lowest BCUT2D eigenvalue weighted by molar-refractivity contribution is -0.138. The van der Waals surface area contributed by atoms with Gasteiger partial charge in [0.15, 0.2) is 0 Å². The number of alkyl halides is 3. The average molecular weight is 590 g/mol. The normalized spacial score (nSPS) is 20.1. The number of hydrogen-bond donors (Lipinski definition) is 2. The molecular formula is C30H42F3N7O2. The maximum Gasteiger partial charge on any atom is 0.419 e. The van der Waals surface area contributed by atoms with Crippen molar-refractivity contribution in [2.24, 2.45) is 11.8 Å². The van der Waals surface area contributed by atoms with Crippen LogP contribution in [0.5, 0.6) is 0 Å². The number of benzene rings is 1. The monoisotopic (exact) mass is 589 g/mol. The molecule has 0 radical (unpaired) electrons. The van der Waals surface area contributed by atoms with Gasteiger partial charge in [-0.15, -0.1) is 0 Å². The van der Waals surface area contributed by atoms with Gasteiger partial charge in [-0.1, -0.05) is 6.42 Å². The van der Waals surface area contributed by atoms with E-state index in [0.29, 0.717) is 37.2 Å². The summed E-state index contributed by atoms with van der Waals surface area (Å²) in [6.07, 6.45) is 0.174. The van der Waals surface area contributed by atoms with Crippen LogP contribution in [0.3, 0.4) is 0 Å². The standard InChI is InChI=1S/C30H42F3N7O2/c1-38(2)17-14-34-27(41)24-7-5-6-21(24)18-26-25(30(31,32)33)19-35-29(37-26)36-22-10-8-20(9-11-22)28(42)40(4)23-12-15-39(3)16-13-23/h8-11,19,21,23-24H,5-7,12-18H2,1-4H3,(H,34,41)(H,35,36,37)/t21-,24-/m0/s1. The quantitative estimate of drug-likeness (QED) is 0.432. The van der Waals surface area contributed by atoms with Gasteiger partial charge in [0.1, 0.15) is 0 Å². The van der Waals surface area contributed by atoms with Crippen molar-refractivity contribution in [3.63, 3.8) is 0 Å². The maximum absolute atomic E-state index is 13.9. The Labute approximate surface area is 245 Å². The molecule has 0 bridgehead atoms. The minimum Gasteiger partial charge on any atom is -0.355 e. The molecule has 0 spiro atoms. The molecule has 1 aliphatic carbocycles. The Hall–Kier alpha value is -3.25. The first kappa shape index (κ1) is 31.7. The predicted octanol–water partition coefficient (Wildman–Crippen LogP) is 4.04. The van der Waals surface area contributed by atoms with Gasteiger partial charge in [-0.3, -0.25) is 9.59 Å². The van der Waals surface area contributed by atoms with E-state index >= 15 is 0 Å². The molecule has 2 atom stereocenters. The van der Waals surface area contributed by atoms with Gasteiger partial charge < -0.3 is 25.3 Å². The summed E-state index contributed by atoms with van der Waals surface area (Å²) in [7, 11) is 7.72. The minimum atomic E-state index is -4.61. The number of nitrogens with one attached hydrogen (secondary N) is 2. The van der Waals surface area contributed by atoms with E-state index < -0.39 is 11.7 Å². The van der Waals surface area contributed by atoms with Crippen LogP contribution in [0.4, 0.5) is 24.8 Å². The molecule has 4 rings (SSSR count). The zero-order valence-corrected chi connectivity index (χ0v) is 24.9. The number of amides is 2. The van der Waals surface area contributed by atoms with Crippen molar-refractivity contribution in [1.82, 2.24) is 30.0 Å². The third-order valence-corrected chi connectivity index (χ3v) is 8.43. The highest BCUT2D eigenvalue weighted by Crippen LogP contribution is 2.38. The van der Waals surface area contributed by atoms with Gasteiger partial charge >= 0.3 is 6.18 Å². The molecule has 2 amide bonds. The first-order valence-electron chi connectivity index (χ1n) is 14.6. The zero-order chi connectivity index (χ0) is 30.4. The highest BCUT2D eigenvalue weighted by molar-refractivity contribution is 5.94. The molecule has 42 heavy (non-hydrogen) atoms. The Morgan fingerprint density at radius 3 is 2.38 bits per heavy atom. The third kappa shape index (κ3) is 8.19. The summed E-state index contributed by atoms with van der Waals surface area (Å²) in [5, 5.41) is 5.90. The lowest BCUT2D eigenvalue weighted by Crippen LogP contribution is -2.44. The number of hydrogen-bond acceptors (Lipinski definition) is 7. The van der Waals surface area contributed by atoms with Crippen LogP contribution in [-0.2, 0) is 17.4 Å². The molecule has 1 saturated heterocycles. The van der Waals surface area contributed by atoms with Gasteiger partial charge in [-0.2, -0.15) is 13.2 Å². The molecule has 2 fully saturated rings. The van der Waals surface area contributed by atoms with Crippen LogP contribution in [0.15, 0.2) is 30.5 Å². The van der Waals surface area contributed by atoms with Crippen LogP contribution in [-0.4, -0.2) is 96.9 Å². The molecule has 1 aliphatic heterocycles. The molecule has 2 aromatic rings. The van der Waals surface area contributed by atoms with Crippen LogP contribution in [0.2, 0.25) is 0 Å². The molecule has 2 aliphatic rings. The third-order valence-electron chi connectivity index (χ3n) is 8.43. The summed E-state index contributed by atoms with van der Waals surface area (Å²) in [6, 6.07) is 6.97. The number of likely N-dealkylation sites (N-methyl/N-ethyl adjacent to an activating group) is 1. The van der Waals surface area contributed by atoms with Gasteiger partial charge in [0, 0.05) is 49.5 Å². The van der Waals surface area contributed by atoms with E-state index in [1.165, 1.54) is 0 Å². The van der Waals surface area contributed by atoms with Crippen molar-refractivity contribution in [3.8, 4) is 0 Å². The number of piperidine rings is 1. The van der Waals surface area contributed by atoms with Gasteiger partial charge in [0.2, 0.25) is 11.9 Å². The summed E-state index contributed by atoms with van der Waals surface area (Å²) in [5.41, 5.74) is 0.0829. The summed E-state index contributed by atoms with van der Waals surface area (Å²) >= 11 is 0. The number of nitrogens with zero attached hydrogens (tertiary/aromatic N) is 5. The molecule has 12 heteroatoms. The Morgan fingerprint density at radius 2 is 1.74 bits per heavy atom. The van der Waals surface area contributed by atoms with E-state index in [0.717, 1.165) is 38.5 Å². The topological polar surface area (TPSA) is 93.7 Å². The SMILES string of the molecule is CN(C)CCNC(=O)[C@H]1CCC[C@H]1Cc1nc(Nc2ccc(C(=O)N(C)C3CCN(C)CC3)cc2)ncc1C(F)(F)F. The van der Waals surface area contributed by atoms with Gasteiger partial charge in [0.25, 0.3) is 5.91 Å². The number of aromatic nitrogens is 2. The Morgan fingerprint density at radius 1 is 1.05 bits per heavy atom. The Bertz CT molecular complexity index is 1210. The van der Waals surface area contributed by atoms with E-state index in [-0.39, 0.29) is 47.8 Å². The van der Waals surface area contributed by atoms with Crippen LogP contribution in [0.1, 0.15) is 53.7 Å². The summed E-state index contributed by atoms with van der Waals surface area (Å²) in [4.78, 5) is 40.0. The van der Waals surface area contributed by atoms with Crippen molar-refractivity contribution in [2.75, 3.05) is 59.7 Å². The summed E-state index contributed by atoms with van der Waals surface area (Å²) in [5.74, 6) is -0.736. The van der Waals surface area contributed by atoms with E-state index in [1.54, 1.807) is 29.2 Å². The second-order valence-electron chi connectivity index (χ2n) is 11.8. The van der Waals surface area contributed by atoms with Crippen LogP contribution in [0.25, 0.3) is 0 Å². The highest BCUT2D eigenvalue weighted by Gasteiger charge is 2.39. The van der Waals surface area contributed by atoms with E-state index in [2.05, 4.69) is 32.5 Å². The summed E-state index contributed by atoms with van der Waals surface area (Å²) < 4.78 is 41.7. The Kier molecular flexibility index (Phi) is 10.4. The molecule has 230 valence electrons. The largest absolute Gasteiger partial charge is 0.419 e. The van der Waals surface area contributed by atoms with Gasteiger partial charge in [-0.25, -0.2) is 9.97 Å². The van der Waals surface area contributed by atoms with Crippen LogP contribution < -0.4 is 10.6 Å². The molecule has 1 saturated carbocycles. The fourth-order valence-electron chi connectivity index (χ4n) is 5.86. The Balaban J connectivity index is 1.44. The van der Waals surface area contributed by atoms with Crippen LogP contribution >= 0.6 is 0 Å². The maximum atomic E-state index is 13.9. The first-order valence-corrected chi connectivity index (χ1v) is 14.6. The molecule has 9 nitrogen and oxygen atoms in total. The van der Waals surface area contributed by atoms with Crippen molar-refractivity contribution in [3.05, 3.63) is 47.3 Å². The summed E-state index contributed by atoms with van der Waals surface area (Å²) in [6.45, 7) is 3.08. The van der Waals surface area contributed by atoms with E-state index in [1.807, 2.05) is 26.0 Å². The number of anilines is 2. The minimum absolute atomic E-state index is 0.0329. The lowest BCUT2D eigenvalue weighted by atomic mass is 9.89. The zero-order valence-electron chi connectivity index (χ0n) is 24.9. The highest BCUT2D eigenvalue weighted by atomic mass is 19.4. The van der Waals surface area contributed by atoms with Crippen molar-refractivity contribution >= 4 is 23.5 Å². The first-order chi connectivity index (χ1) is 19.9. The average Bonchev–Trinajstić information content (AvgIpc) is 3.40. The lowest BCUT2D eigenvalue weighted by Gasteiger charge is -2.35. The van der Waals surface area contributed by atoms with Gasteiger partial charge in [-0.05, 0) is 96.5 Å². The molecular weight excluding hydrogens is 547 g/mol. The number of carbonyl (C=O) groups is 2.